The Kier molecular flexibility index (Phi) is 5.69. The number of nitrogens with two attached hydrogens (primary N) is 1. The Morgan fingerprint density at radius 2 is 1.73 bits per heavy atom. The lowest BCUT2D eigenvalue weighted by Crippen LogP contribution is -2.47. The standard InChI is InChI=1S/C21H16Cl2F3N3O4/c22-13-5-14(23)7-15(6-13)29-18(31)20(9-12(17(27)30)10-28(20)19(29)32)8-11-1-3-16(4-2-11)33-21(24,25)26/h1-7,12H,8-10H2,(H2,27,30)/t12-,20+/m1/s1. The van der Waals surface area contributed by atoms with Gasteiger partial charge in [-0.15, -0.1) is 13.2 Å². The number of halogens is 5. The van der Waals surface area contributed by atoms with Gasteiger partial charge in [-0.1, -0.05) is 35.3 Å². The monoisotopic (exact) mass is 501 g/mol. The molecule has 0 spiro atoms. The molecule has 4 amide bonds. The van der Waals surface area contributed by atoms with Gasteiger partial charge in [-0.3, -0.25) is 9.59 Å². The van der Waals surface area contributed by atoms with Crippen LogP contribution in [0.3, 0.4) is 0 Å². The highest BCUT2D eigenvalue weighted by Gasteiger charge is 2.63. The number of ether oxygens (including phenoxy) is 1. The molecule has 2 aliphatic rings. The van der Waals surface area contributed by atoms with Crippen LogP contribution in [0.1, 0.15) is 12.0 Å². The molecular formula is C21H16Cl2F3N3O4. The van der Waals surface area contributed by atoms with Crippen LogP contribution in [-0.4, -0.2) is 41.2 Å². The quantitative estimate of drug-likeness (QED) is 0.622. The summed E-state index contributed by atoms with van der Waals surface area (Å²) in [6.07, 6.45) is -4.92. The molecule has 2 N–H and O–H groups in total. The minimum Gasteiger partial charge on any atom is -0.406 e. The molecule has 4 rings (SSSR count). The Morgan fingerprint density at radius 3 is 2.27 bits per heavy atom. The zero-order valence-electron chi connectivity index (χ0n) is 16.7. The van der Waals surface area contributed by atoms with Crippen molar-refractivity contribution in [2.75, 3.05) is 11.4 Å². The summed E-state index contributed by atoms with van der Waals surface area (Å²) < 4.78 is 41.2. The molecule has 2 atom stereocenters. The molecule has 12 heteroatoms. The lowest BCUT2D eigenvalue weighted by Gasteiger charge is -2.28. The zero-order chi connectivity index (χ0) is 24.1. The Morgan fingerprint density at radius 1 is 1.12 bits per heavy atom. The number of rotatable bonds is 5. The van der Waals surface area contributed by atoms with Crippen LogP contribution in [0, 0.1) is 5.92 Å². The molecule has 0 radical (unpaired) electrons. The minimum atomic E-state index is -4.84. The summed E-state index contributed by atoms with van der Waals surface area (Å²) in [6.45, 7) is -0.0695. The van der Waals surface area contributed by atoms with Gasteiger partial charge in [0, 0.05) is 23.0 Å². The molecule has 2 fully saturated rings. The molecular weight excluding hydrogens is 486 g/mol. The number of imide groups is 1. The molecule has 174 valence electrons. The van der Waals surface area contributed by atoms with Crippen molar-refractivity contribution in [1.29, 1.82) is 0 Å². The average Bonchev–Trinajstić information content (AvgIpc) is 3.16. The molecule has 7 nitrogen and oxygen atoms in total. The van der Waals surface area contributed by atoms with Crippen molar-refractivity contribution >= 4 is 46.7 Å². The average molecular weight is 502 g/mol. The molecule has 0 unspecified atom stereocenters. The summed E-state index contributed by atoms with van der Waals surface area (Å²) in [7, 11) is 0. The van der Waals surface area contributed by atoms with Crippen molar-refractivity contribution in [3.8, 4) is 5.75 Å². The number of primary amides is 1. The Bertz CT molecular complexity index is 1120. The number of benzene rings is 2. The normalized spacial score (nSPS) is 22.6. The third kappa shape index (κ3) is 4.32. The van der Waals surface area contributed by atoms with Crippen molar-refractivity contribution in [2.24, 2.45) is 11.7 Å². The molecule has 33 heavy (non-hydrogen) atoms. The Labute approximate surface area is 195 Å². The van der Waals surface area contributed by atoms with E-state index in [1.54, 1.807) is 0 Å². The van der Waals surface area contributed by atoms with E-state index >= 15 is 0 Å². The summed E-state index contributed by atoms with van der Waals surface area (Å²) in [5, 5.41) is 0.434. The number of carbonyl (C=O) groups excluding carboxylic acids is 3. The lowest BCUT2D eigenvalue weighted by molar-refractivity contribution is -0.274. The number of urea groups is 1. The van der Waals surface area contributed by atoms with Crippen molar-refractivity contribution < 1.29 is 32.3 Å². The van der Waals surface area contributed by atoms with Gasteiger partial charge in [0.25, 0.3) is 5.91 Å². The van der Waals surface area contributed by atoms with E-state index in [9.17, 15) is 27.6 Å². The van der Waals surface area contributed by atoms with E-state index < -0.39 is 41.4 Å². The molecule has 2 aliphatic heterocycles. The van der Waals surface area contributed by atoms with Crippen LogP contribution in [0.4, 0.5) is 23.7 Å². The van der Waals surface area contributed by atoms with Crippen molar-refractivity contribution in [3.63, 3.8) is 0 Å². The molecule has 0 bridgehead atoms. The van der Waals surface area contributed by atoms with Gasteiger partial charge < -0.3 is 15.4 Å². The summed E-state index contributed by atoms with van der Waals surface area (Å²) >= 11 is 12.1. The van der Waals surface area contributed by atoms with E-state index in [0.29, 0.717) is 5.56 Å². The van der Waals surface area contributed by atoms with Gasteiger partial charge in [0.05, 0.1) is 11.6 Å². The summed E-state index contributed by atoms with van der Waals surface area (Å²) in [5.41, 5.74) is 4.63. The molecule has 0 aromatic heterocycles. The van der Waals surface area contributed by atoms with Crippen LogP contribution >= 0.6 is 23.2 Å². The van der Waals surface area contributed by atoms with Gasteiger partial charge in [0.2, 0.25) is 5.91 Å². The van der Waals surface area contributed by atoms with E-state index in [4.69, 9.17) is 28.9 Å². The van der Waals surface area contributed by atoms with Gasteiger partial charge in [-0.25, -0.2) is 9.69 Å². The number of nitrogens with zero attached hydrogens (tertiary/aromatic N) is 2. The van der Waals surface area contributed by atoms with E-state index in [0.717, 1.165) is 17.0 Å². The third-order valence-corrected chi connectivity index (χ3v) is 6.12. The van der Waals surface area contributed by atoms with Crippen LogP contribution in [0.2, 0.25) is 10.0 Å². The van der Waals surface area contributed by atoms with E-state index in [2.05, 4.69) is 4.74 Å². The topological polar surface area (TPSA) is 92.9 Å². The smallest absolute Gasteiger partial charge is 0.406 e. The van der Waals surface area contributed by atoms with Crippen molar-refractivity contribution in [3.05, 3.63) is 58.1 Å². The maximum Gasteiger partial charge on any atom is 0.573 e. The fraction of sp³-hybridized carbons (Fsp3) is 0.286. The van der Waals surface area contributed by atoms with E-state index in [1.165, 1.54) is 35.2 Å². The first-order valence-electron chi connectivity index (χ1n) is 9.66. The van der Waals surface area contributed by atoms with Crippen molar-refractivity contribution in [2.45, 2.75) is 24.7 Å². The molecule has 2 aromatic carbocycles. The maximum atomic E-state index is 13.6. The second kappa shape index (κ2) is 8.11. The Balaban J connectivity index is 1.70. The fourth-order valence-corrected chi connectivity index (χ4v) is 4.85. The number of carbonyl (C=O) groups is 3. The predicted molar refractivity (Wildman–Crippen MR) is 113 cm³/mol. The van der Waals surface area contributed by atoms with Gasteiger partial charge in [-0.05, 0) is 42.3 Å². The first-order chi connectivity index (χ1) is 15.4. The van der Waals surface area contributed by atoms with Gasteiger partial charge >= 0.3 is 12.4 Å². The molecule has 2 heterocycles. The predicted octanol–water partition coefficient (Wildman–Crippen LogP) is 4.15. The van der Waals surface area contributed by atoms with Crippen LogP contribution in [0.5, 0.6) is 5.75 Å². The van der Waals surface area contributed by atoms with Gasteiger partial charge in [0.15, 0.2) is 0 Å². The fourth-order valence-electron chi connectivity index (χ4n) is 4.33. The first-order valence-corrected chi connectivity index (χ1v) is 10.4. The lowest BCUT2D eigenvalue weighted by atomic mass is 9.85. The van der Waals surface area contributed by atoms with Crippen LogP contribution in [0.15, 0.2) is 42.5 Å². The van der Waals surface area contributed by atoms with Crippen LogP contribution < -0.4 is 15.4 Å². The third-order valence-electron chi connectivity index (χ3n) is 5.69. The molecule has 0 saturated carbocycles. The number of anilines is 1. The van der Waals surface area contributed by atoms with Crippen molar-refractivity contribution in [1.82, 2.24) is 4.90 Å². The maximum absolute atomic E-state index is 13.6. The summed E-state index contributed by atoms with van der Waals surface area (Å²) in [4.78, 5) is 40.9. The highest BCUT2D eigenvalue weighted by Crippen LogP contribution is 2.45. The number of alkyl halides is 3. The molecule has 2 saturated heterocycles. The summed E-state index contributed by atoms with van der Waals surface area (Å²) in [5.74, 6) is -2.44. The SMILES string of the molecule is NC(=O)[C@H]1CN2C(=O)N(c3cc(Cl)cc(Cl)c3)C(=O)[C@]2(Cc2ccc(OC(F)(F)F)cc2)C1. The van der Waals surface area contributed by atoms with Gasteiger partial charge in [0.1, 0.15) is 11.3 Å². The number of fused-ring (bicyclic) bond motifs is 1. The summed E-state index contributed by atoms with van der Waals surface area (Å²) in [6, 6.07) is 8.55. The highest BCUT2D eigenvalue weighted by molar-refractivity contribution is 6.35. The molecule has 0 aliphatic carbocycles. The van der Waals surface area contributed by atoms with E-state index in [-0.39, 0.29) is 35.1 Å². The minimum absolute atomic E-state index is 0.0293. The number of hydrogen-bond acceptors (Lipinski definition) is 4. The number of hydrogen-bond donors (Lipinski definition) is 1. The van der Waals surface area contributed by atoms with E-state index in [1.807, 2.05) is 0 Å². The highest BCUT2D eigenvalue weighted by atomic mass is 35.5. The first kappa shape index (κ1) is 23.2. The van der Waals surface area contributed by atoms with Gasteiger partial charge in [-0.2, -0.15) is 0 Å². The molecule has 2 aromatic rings. The second-order valence-electron chi connectivity index (χ2n) is 7.86. The Hall–Kier alpha value is -2.98. The zero-order valence-corrected chi connectivity index (χ0v) is 18.2. The van der Waals surface area contributed by atoms with Crippen LogP contribution in [0.25, 0.3) is 0 Å². The second-order valence-corrected chi connectivity index (χ2v) is 8.74. The largest absolute Gasteiger partial charge is 0.573 e. The van der Waals surface area contributed by atoms with Crippen LogP contribution in [-0.2, 0) is 16.0 Å². The number of amides is 4.